The van der Waals surface area contributed by atoms with Gasteiger partial charge in [-0.3, -0.25) is 4.79 Å². The van der Waals surface area contributed by atoms with E-state index in [-0.39, 0.29) is 5.97 Å². The number of carbonyl (C=O) groups is 1. The Balaban J connectivity index is 1.67. The van der Waals surface area contributed by atoms with Crippen molar-refractivity contribution in [3.63, 3.8) is 0 Å². The number of benzene rings is 3. The maximum atomic E-state index is 12.2. The maximum absolute atomic E-state index is 12.2. The third kappa shape index (κ3) is 3.69. The van der Waals surface area contributed by atoms with Gasteiger partial charge in [-0.25, -0.2) is 0 Å². The lowest BCUT2D eigenvalue weighted by Crippen LogP contribution is -2.09. The van der Waals surface area contributed by atoms with E-state index in [2.05, 4.69) is 0 Å². The minimum absolute atomic E-state index is 0.265. The molecule has 4 heteroatoms. The Kier molecular flexibility index (Phi) is 5.02. The van der Waals surface area contributed by atoms with Gasteiger partial charge in [-0.05, 0) is 36.2 Å². The molecule has 0 radical (unpaired) electrons. The molecule has 0 aliphatic carbocycles. The molecule has 3 aromatic rings. The number of methoxy groups -OCH3 is 1. The van der Waals surface area contributed by atoms with Gasteiger partial charge < -0.3 is 9.47 Å². The first-order chi connectivity index (χ1) is 11.7. The zero-order valence-electron chi connectivity index (χ0n) is 13.3. The summed E-state index contributed by atoms with van der Waals surface area (Å²) in [6, 6.07) is 18.7. The predicted octanol–water partition coefficient (Wildman–Crippen LogP) is 5.04. The molecule has 0 fully saturated rings. The molecule has 3 rings (SSSR count). The fourth-order valence-corrected chi connectivity index (χ4v) is 2.76. The van der Waals surface area contributed by atoms with Crippen LogP contribution in [-0.2, 0) is 11.2 Å². The standard InChI is InChI=1S/C20H17ClO3/c1-23-15-9-6-14(7-10-15)8-13-20(22)24-19-12-11-18(21)16-4-2-3-5-17(16)19/h2-7,9-12H,8,13H2,1H3. The lowest BCUT2D eigenvalue weighted by molar-refractivity contribution is -0.134. The summed E-state index contributed by atoms with van der Waals surface area (Å²) in [5.41, 5.74) is 1.06. The second kappa shape index (κ2) is 7.37. The van der Waals surface area contributed by atoms with Crippen LogP contribution in [0.25, 0.3) is 10.8 Å². The van der Waals surface area contributed by atoms with Crippen molar-refractivity contribution in [2.24, 2.45) is 0 Å². The summed E-state index contributed by atoms with van der Waals surface area (Å²) in [7, 11) is 1.63. The predicted molar refractivity (Wildman–Crippen MR) is 95.9 cm³/mol. The van der Waals surface area contributed by atoms with Gasteiger partial charge in [0.05, 0.1) is 7.11 Å². The minimum Gasteiger partial charge on any atom is -0.497 e. The maximum Gasteiger partial charge on any atom is 0.311 e. The van der Waals surface area contributed by atoms with E-state index in [1.807, 2.05) is 48.5 Å². The molecule has 0 saturated carbocycles. The quantitative estimate of drug-likeness (QED) is 0.482. The van der Waals surface area contributed by atoms with Crippen molar-refractivity contribution in [2.75, 3.05) is 7.11 Å². The zero-order chi connectivity index (χ0) is 16.9. The number of fused-ring (bicyclic) bond motifs is 1. The van der Waals surface area contributed by atoms with E-state index in [0.717, 1.165) is 22.1 Å². The second-order valence-electron chi connectivity index (χ2n) is 5.41. The Morgan fingerprint density at radius 1 is 0.958 bits per heavy atom. The summed E-state index contributed by atoms with van der Waals surface area (Å²) in [6.45, 7) is 0. The fourth-order valence-electron chi connectivity index (χ4n) is 2.54. The SMILES string of the molecule is COc1ccc(CCC(=O)Oc2ccc(Cl)c3ccccc23)cc1. The van der Waals surface area contributed by atoms with Gasteiger partial charge in [0.25, 0.3) is 0 Å². The lowest BCUT2D eigenvalue weighted by atomic mass is 10.1. The summed E-state index contributed by atoms with van der Waals surface area (Å²) < 4.78 is 10.6. The van der Waals surface area contributed by atoms with Gasteiger partial charge in [0.1, 0.15) is 11.5 Å². The third-order valence-corrected chi connectivity index (χ3v) is 4.16. The Morgan fingerprint density at radius 3 is 2.38 bits per heavy atom. The number of rotatable bonds is 5. The molecule has 0 atom stereocenters. The van der Waals surface area contributed by atoms with E-state index in [0.29, 0.717) is 23.6 Å². The summed E-state index contributed by atoms with van der Waals surface area (Å²) >= 11 is 6.18. The van der Waals surface area contributed by atoms with Crippen LogP contribution in [0.3, 0.4) is 0 Å². The molecule has 122 valence electrons. The first kappa shape index (κ1) is 16.3. The summed E-state index contributed by atoms with van der Waals surface area (Å²) in [6.07, 6.45) is 0.928. The van der Waals surface area contributed by atoms with Gasteiger partial charge in [-0.1, -0.05) is 48.0 Å². The second-order valence-corrected chi connectivity index (χ2v) is 5.82. The number of hydrogen-bond acceptors (Lipinski definition) is 3. The first-order valence-electron chi connectivity index (χ1n) is 7.68. The highest BCUT2D eigenvalue weighted by molar-refractivity contribution is 6.35. The van der Waals surface area contributed by atoms with Crippen molar-refractivity contribution < 1.29 is 14.3 Å². The largest absolute Gasteiger partial charge is 0.497 e. The third-order valence-electron chi connectivity index (χ3n) is 3.83. The number of carbonyl (C=O) groups excluding carboxylic acids is 1. The number of esters is 1. The van der Waals surface area contributed by atoms with Crippen molar-refractivity contribution in [2.45, 2.75) is 12.8 Å². The first-order valence-corrected chi connectivity index (χ1v) is 8.06. The van der Waals surface area contributed by atoms with Crippen LogP contribution in [0.15, 0.2) is 60.7 Å². The molecule has 0 spiro atoms. The van der Waals surface area contributed by atoms with Crippen molar-refractivity contribution in [1.29, 1.82) is 0 Å². The van der Waals surface area contributed by atoms with Crippen molar-refractivity contribution in [3.8, 4) is 11.5 Å². The topological polar surface area (TPSA) is 35.5 Å². The van der Waals surface area contributed by atoms with Crippen LogP contribution in [-0.4, -0.2) is 13.1 Å². The Hall–Kier alpha value is -2.52. The number of halogens is 1. The fraction of sp³-hybridized carbons (Fsp3) is 0.150. The molecular formula is C20H17ClO3. The molecule has 24 heavy (non-hydrogen) atoms. The van der Waals surface area contributed by atoms with Crippen molar-refractivity contribution in [1.82, 2.24) is 0 Å². The van der Waals surface area contributed by atoms with E-state index >= 15 is 0 Å². The normalized spacial score (nSPS) is 10.6. The molecule has 0 bridgehead atoms. The molecule has 3 aromatic carbocycles. The molecular weight excluding hydrogens is 324 g/mol. The van der Waals surface area contributed by atoms with E-state index < -0.39 is 0 Å². The molecule has 0 amide bonds. The molecule has 0 heterocycles. The van der Waals surface area contributed by atoms with Crippen LogP contribution in [0.2, 0.25) is 5.02 Å². The monoisotopic (exact) mass is 340 g/mol. The lowest BCUT2D eigenvalue weighted by Gasteiger charge is -2.09. The van der Waals surface area contributed by atoms with E-state index in [1.165, 1.54) is 0 Å². The van der Waals surface area contributed by atoms with E-state index in [9.17, 15) is 4.79 Å². The Bertz CT molecular complexity index is 856. The highest BCUT2D eigenvalue weighted by atomic mass is 35.5. The summed E-state index contributed by atoms with van der Waals surface area (Å²) in [4.78, 5) is 12.2. The van der Waals surface area contributed by atoms with Crippen LogP contribution in [0.1, 0.15) is 12.0 Å². The highest BCUT2D eigenvalue weighted by Gasteiger charge is 2.10. The Labute approximate surface area is 145 Å². The van der Waals surface area contributed by atoms with E-state index in [4.69, 9.17) is 21.1 Å². The molecule has 0 N–H and O–H groups in total. The van der Waals surface area contributed by atoms with Gasteiger partial charge in [0.15, 0.2) is 0 Å². The van der Waals surface area contributed by atoms with Gasteiger partial charge >= 0.3 is 5.97 Å². The zero-order valence-corrected chi connectivity index (χ0v) is 14.0. The number of ether oxygens (including phenoxy) is 2. The molecule has 0 aliphatic heterocycles. The van der Waals surface area contributed by atoms with Crippen LogP contribution in [0.4, 0.5) is 0 Å². The minimum atomic E-state index is -0.265. The molecule has 0 aromatic heterocycles. The number of aryl methyl sites for hydroxylation is 1. The average Bonchev–Trinajstić information content (AvgIpc) is 2.63. The highest BCUT2D eigenvalue weighted by Crippen LogP contribution is 2.31. The van der Waals surface area contributed by atoms with Crippen LogP contribution in [0, 0.1) is 0 Å². The smallest absolute Gasteiger partial charge is 0.311 e. The van der Waals surface area contributed by atoms with Crippen LogP contribution in [0.5, 0.6) is 11.5 Å². The van der Waals surface area contributed by atoms with Crippen molar-refractivity contribution >= 4 is 28.3 Å². The summed E-state index contributed by atoms with van der Waals surface area (Å²) in [5, 5.41) is 2.35. The van der Waals surface area contributed by atoms with Crippen molar-refractivity contribution in [3.05, 3.63) is 71.2 Å². The van der Waals surface area contributed by atoms with Crippen LogP contribution >= 0.6 is 11.6 Å². The van der Waals surface area contributed by atoms with Crippen LogP contribution < -0.4 is 9.47 Å². The molecule has 0 saturated heterocycles. The number of hydrogen-bond donors (Lipinski definition) is 0. The van der Waals surface area contributed by atoms with Gasteiger partial charge in [0, 0.05) is 22.2 Å². The van der Waals surface area contributed by atoms with Gasteiger partial charge in [-0.15, -0.1) is 0 Å². The summed E-state index contributed by atoms with van der Waals surface area (Å²) in [5.74, 6) is 1.07. The van der Waals surface area contributed by atoms with Gasteiger partial charge in [0.2, 0.25) is 0 Å². The van der Waals surface area contributed by atoms with E-state index in [1.54, 1.807) is 19.2 Å². The molecule has 0 aliphatic rings. The molecule has 3 nitrogen and oxygen atoms in total. The average molecular weight is 341 g/mol. The molecule has 0 unspecified atom stereocenters. The Morgan fingerprint density at radius 2 is 1.67 bits per heavy atom. The van der Waals surface area contributed by atoms with Gasteiger partial charge in [-0.2, -0.15) is 0 Å².